The van der Waals surface area contributed by atoms with E-state index in [0.29, 0.717) is 50.7 Å². The Bertz CT molecular complexity index is 1310. The molecule has 0 bridgehead atoms. The lowest BCUT2D eigenvalue weighted by Crippen LogP contribution is -2.39. The second kappa shape index (κ2) is 9.36. The predicted molar refractivity (Wildman–Crippen MR) is 125 cm³/mol. The van der Waals surface area contributed by atoms with Crippen LogP contribution >= 0.6 is 0 Å². The van der Waals surface area contributed by atoms with Crippen LogP contribution in [-0.4, -0.2) is 48.6 Å². The molecule has 10 heteroatoms. The molecule has 0 N–H and O–H groups in total. The molecule has 0 radical (unpaired) electrons. The number of piperidine rings is 1. The number of hydrogen-bond acceptors (Lipinski definition) is 8. The number of oxazole rings is 1. The Hall–Kier alpha value is -2.95. The first-order valence-electron chi connectivity index (χ1n) is 11.3. The van der Waals surface area contributed by atoms with Crippen molar-refractivity contribution >= 4 is 10.0 Å². The number of benzene rings is 1. The highest BCUT2D eigenvalue weighted by molar-refractivity contribution is 7.88. The van der Waals surface area contributed by atoms with Gasteiger partial charge in [-0.05, 0) is 42.0 Å². The van der Waals surface area contributed by atoms with Crippen LogP contribution in [0.1, 0.15) is 29.7 Å². The Morgan fingerprint density at radius 1 is 1.12 bits per heavy atom. The van der Waals surface area contributed by atoms with E-state index in [1.54, 1.807) is 12.5 Å². The molecule has 0 aliphatic carbocycles. The molecule has 0 amide bonds. The van der Waals surface area contributed by atoms with Crippen molar-refractivity contribution in [1.82, 2.24) is 14.2 Å². The minimum atomic E-state index is -3.15. The molecule has 5 rings (SSSR count). The highest BCUT2D eigenvalue weighted by Crippen LogP contribution is 2.29. The molecule has 1 aromatic carbocycles. The molecular weight excluding hydrogens is 458 g/mol. The Morgan fingerprint density at radius 2 is 1.91 bits per heavy atom. The summed E-state index contributed by atoms with van der Waals surface area (Å²) in [5, 5.41) is 0. The third kappa shape index (κ3) is 5.08. The largest absolute Gasteiger partial charge is 0.486 e. The summed E-state index contributed by atoms with van der Waals surface area (Å²) in [4.78, 5) is 19.0. The first kappa shape index (κ1) is 22.8. The van der Waals surface area contributed by atoms with Crippen molar-refractivity contribution in [3.05, 3.63) is 70.1 Å². The third-order valence-electron chi connectivity index (χ3n) is 6.42. The van der Waals surface area contributed by atoms with Gasteiger partial charge in [0.15, 0.2) is 0 Å². The van der Waals surface area contributed by atoms with Crippen LogP contribution in [0.2, 0.25) is 0 Å². The van der Waals surface area contributed by atoms with Crippen molar-refractivity contribution in [3.8, 4) is 17.2 Å². The smallest absolute Gasteiger partial charge is 0.227 e. The number of rotatable bonds is 7. The highest BCUT2D eigenvalue weighted by Gasteiger charge is 2.26. The number of aromatic nitrogens is 1. The van der Waals surface area contributed by atoms with Crippen LogP contribution < -0.4 is 10.2 Å². The molecule has 2 aromatic heterocycles. The molecule has 2 aliphatic heterocycles. The minimum Gasteiger partial charge on any atom is -0.486 e. The fraction of sp³-hybridized carbons (Fsp3) is 0.417. The Kier molecular flexibility index (Phi) is 6.28. The maximum absolute atomic E-state index is 12.6. The number of nitrogens with zero attached hydrogens (tertiary/aromatic N) is 3. The SMILES string of the molecule is CS(=O)(=O)N1CCC(COc2coc(CN3Cc4ccc(-c5ncco5)cc4C3)cc2=O)CC1. The second-order valence-electron chi connectivity index (χ2n) is 8.96. The lowest BCUT2D eigenvalue weighted by molar-refractivity contribution is 0.180. The molecule has 1 saturated heterocycles. The summed E-state index contributed by atoms with van der Waals surface area (Å²) < 4.78 is 41.6. The van der Waals surface area contributed by atoms with E-state index in [2.05, 4.69) is 22.0 Å². The molecule has 34 heavy (non-hydrogen) atoms. The lowest BCUT2D eigenvalue weighted by atomic mass is 9.99. The van der Waals surface area contributed by atoms with Crippen LogP contribution in [0.15, 0.2) is 56.6 Å². The van der Waals surface area contributed by atoms with Gasteiger partial charge in [-0.2, -0.15) is 0 Å². The molecular formula is C24H27N3O6S. The molecule has 1 fully saturated rings. The van der Waals surface area contributed by atoms with Gasteiger partial charge in [0, 0.05) is 37.8 Å². The van der Waals surface area contributed by atoms with E-state index < -0.39 is 10.0 Å². The van der Waals surface area contributed by atoms with Gasteiger partial charge in [-0.3, -0.25) is 9.69 Å². The van der Waals surface area contributed by atoms with Gasteiger partial charge in [0.25, 0.3) is 0 Å². The van der Waals surface area contributed by atoms with Crippen LogP contribution in [0.25, 0.3) is 11.5 Å². The van der Waals surface area contributed by atoms with E-state index in [1.807, 2.05) is 6.07 Å². The molecule has 0 unspecified atom stereocenters. The van der Waals surface area contributed by atoms with E-state index >= 15 is 0 Å². The fourth-order valence-corrected chi connectivity index (χ4v) is 5.41. The maximum Gasteiger partial charge on any atom is 0.227 e. The van der Waals surface area contributed by atoms with Crippen LogP contribution in [0, 0.1) is 5.92 Å². The maximum atomic E-state index is 12.6. The Balaban J connectivity index is 1.15. The van der Waals surface area contributed by atoms with Gasteiger partial charge in [-0.15, -0.1) is 0 Å². The molecule has 0 atom stereocenters. The first-order valence-corrected chi connectivity index (χ1v) is 13.1. The zero-order valence-corrected chi connectivity index (χ0v) is 19.8. The van der Waals surface area contributed by atoms with E-state index in [1.165, 1.54) is 34.0 Å². The van der Waals surface area contributed by atoms with Gasteiger partial charge < -0.3 is 13.6 Å². The van der Waals surface area contributed by atoms with Gasteiger partial charge in [0.05, 0.1) is 25.6 Å². The van der Waals surface area contributed by atoms with Crippen molar-refractivity contribution in [1.29, 1.82) is 0 Å². The highest BCUT2D eigenvalue weighted by atomic mass is 32.2. The summed E-state index contributed by atoms with van der Waals surface area (Å²) in [6.07, 6.45) is 7.23. The Labute approximate surface area is 198 Å². The van der Waals surface area contributed by atoms with E-state index in [0.717, 1.165) is 18.7 Å². The molecule has 9 nitrogen and oxygen atoms in total. The van der Waals surface area contributed by atoms with Crippen LogP contribution in [0.3, 0.4) is 0 Å². The predicted octanol–water partition coefficient (Wildman–Crippen LogP) is 2.86. The van der Waals surface area contributed by atoms with Crippen LogP contribution in [0.4, 0.5) is 0 Å². The van der Waals surface area contributed by atoms with Gasteiger partial charge in [0.2, 0.25) is 27.1 Å². The van der Waals surface area contributed by atoms with Crippen LogP contribution in [0.5, 0.6) is 5.75 Å². The molecule has 2 aliphatic rings. The van der Waals surface area contributed by atoms with Crippen LogP contribution in [-0.2, 0) is 29.7 Å². The summed E-state index contributed by atoms with van der Waals surface area (Å²) in [5.74, 6) is 1.58. The zero-order valence-electron chi connectivity index (χ0n) is 19.0. The molecule has 0 saturated carbocycles. The van der Waals surface area contributed by atoms with Gasteiger partial charge >= 0.3 is 0 Å². The number of fused-ring (bicyclic) bond motifs is 1. The van der Waals surface area contributed by atoms with Crippen molar-refractivity contribution in [2.75, 3.05) is 26.0 Å². The van der Waals surface area contributed by atoms with E-state index in [-0.39, 0.29) is 17.1 Å². The topological polar surface area (TPSA) is 106 Å². The number of ether oxygens (including phenoxy) is 1. The average Bonchev–Trinajstić information content (AvgIpc) is 3.47. The number of sulfonamides is 1. The fourth-order valence-electron chi connectivity index (χ4n) is 4.54. The zero-order chi connectivity index (χ0) is 23.7. The van der Waals surface area contributed by atoms with Crippen molar-refractivity contribution in [2.45, 2.75) is 32.5 Å². The lowest BCUT2D eigenvalue weighted by Gasteiger charge is -2.29. The number of hydrogen-bond donors (Lipinski definition) is 0. The molecule has 3 aromatic rings. The quantitative estimate of drug-likeness (QED) is 0.503. The molecule has 0 spiro atoms. The average molecular weight is 486 g/mol. The second-order valence-corrected chi connectivity index (χ2v) is 10.9. The molecule has 4 heterocycles. The Morgan fingerprint density at radius 3 is 2.62 bits per heavy atom. The summed E-state index contributed by atoms with van der Waals surface area (Å²) >= 11 is 0. The van der Waals surface area contributed by atoms with Gasteiger partial charge in [-0.1, -0.05) is 6.07 Å². The monoisotopic (exact) mass is 485 g/mol. The van der Waals surface area contributed by atoms with E-state index in [9.17, 15) is 13.2 Å². The van der Waals surface area contributed by atoms with Crippen molar-refractivity contribution in [3.63, 3.8) is 0 Å². The summed E-state index contributed by atoms with van der Waals surface area (Å²) in [6, 6.07) is 7.67. The van der Waals surface area contributed by atoms with Gasteiger partial charge in [0.1, 0.15) is 18.3 Å². The summed E-state index contributed by atoms with van der Waals surface area (Å²) in [5.41, 5.74) is 3.18. The third-order valence-corrected chi connectivity index (χ3v) is 7.73. The normalized spacial score (nSPS) is 17.7. The first-order chi connectivity index (χ1) is 16.3. The minimum absolute atomic E-state index is 0.189. The van der Waals surface area contributed by atoms with Crippen molar-refractivity contribution < 1.29 is 22.0 Å². The standard InChI is InChI=1S/C24H27N3O6S/c1-34(29,30)27-7-4-17(5-8-27)15-33-23-16-32-21(11-22(23)28)14-26-12-19-3-2-18(10-20(19)13-26)24-25-6-9-31-24/h2-3,6,9-11,16-17H,4-5,7-8,12-15H2,1H3. The van der Waals surface area contributed by atoms with Crippen molar-refractivity contribution in [2.24, 2.45) is 5.92 Å². The van der Waals surface area contributed by atoms with Gasteiger partial charge in [-0.25, -0.2) is 17.7 Å². The summed E-state index contributed by atoms with van der Waals surface area (Å²) in [7, 11) is -3.15. The molecule has 180 valence electrons. The summed E-state index contributed by atoms with van der Waals surface area (Å²) in [6.45, 7) is 3.38. The van der Waals surface area contributed by atoms with E-state index in [4.69, 9.17) is 13.6 Å².